The van der Waals surface area contributed by atoms with Crippen LogP contribution in [0, 0.1) is 22.7 Å². The van der Waals surface area contributed by atoms with E-state index in [4.69, 9.17) is 9.29 Å². The zero-order valence-corrected chi connectivity index (χ0v) is 21.0. The lowest BCUT2D eigenvalue weighted by molar-refractivity contribution is -0.301. The average Bonchev–Trinajstić information content (AvgIpc) is 3.42. The molecule has 0 saturated heterocycles. The quantitative estimate of drug-likeness (QED) is 0.208. The second kappa shape index (κ2) is 8.54. The Morgan fingerprint density at radius 3 is 2.17 bits per heavy atom. The van der Waals surface area contributed by atoms with E-state index in [0.717, 1.165) is 51.4 Å². The average molecular weight is 539 g/mol. The van der Waals surface area contributed by atoms with Gasteiger partial charge in [0.2, 0.25) is 0 Å². The van der Waals surface area contributed by atoms with E-state index in [2.05, 4.69) is 4.74 Å². The Morgan fingerprint density at radius 1 is 1.00 bits per heavy atom. The fraction of sp³-hybridized carbons (Fsp3) is 0.958. The van der Waals surface area contributed by atoms with Crippen molar-refractivity contribution < 1.29 is 51.3 Å². The molecule has 0 aliphatic heterocycles. The third-order valence-corrected chi connectivity index (χ3v) is 11.2. The minimum absolute atomic E-state index is 0.0440. The first-order chi connectivity index (χ1) is 16.7. The van der Waals surface area contributed by atoms with Gasteiger partial charge in [-0.1, -0.05) is 25.7 Å². The number of aliphatic hydroxyl groups is 3. The first-order valence-electron chi connectivity index (χ1n) is 13.0. The van der Waals surface area contributed by atoms with Crippen LogP contribution in [0.3, 0.4) is 0 Å². The molecule has 206 valence electrons. The van der Waals surface area contributed by atoms with Crippen LogP contribution in [0.15, 0.2) is 0 Å². The summed E-state index contributed by atoms with van der Waals surface area (Å²) in [5, 5.41) is 28.1. The van der Waals surface area contributed by atoms with Crippen molar-refractivity contribution in [3.05, 3.63) is 0 Å². The number of aliphatic hydroxyl groups excluding tert-OH is 1. The van der Waals surface area contributed by atoms with Gasteiger partial charge in [-0.25, -0.2) is 4.79 Å². The number of rotatable bonds is 8. The molecule has 6 atom stereocenters. The third kappa shape index (κ3) is 3.85. The number of carbonyl (C=O) groups excluding carboxylic acids is 1. The lowest BCUT2D eigenvalue weighted by Gasteiger charge is -2.71. The minimum Gasteiger partial charge on any atom is -0.426 e. The highest BCUT2D eigenvalue weighted by molar-refractivity contribution is 7.86. The molecule has 6 unspecified atom stereocenters. The van der Waals surface area contributed by atoms with Crippen LogP contribution in [0.1, 0.15) is 83.5 Å². The molecule has 6 fully saturated rings. The van der Waals surface area contributed by atoms with Crippen molar-refractivity contribution >= 4 is 16.1 Å². The maximum absolute atomic E-state index is 13.6. The summed E-state index contributed by atoms with van der Waals surface area (Å²) in [7, 11) is -6.00. The molecule has 6 aliphatic rings. The Bertz CT molecular complexity index is 992. The van der Waals surface area contributed by atoms with Crippen LogP contribution in [0.2, 0.25) is 0 Å². The molecule has 0 spiro atoms. The molecule has 0 aromatic carbocycles. The number of alkyl halides is 2. The highest BCUT2D eigenvalue weighted by atomic mass is 32.2. The minimum atomic E-state index is -6.00. The van der Waals surface area contributed by atoms with E-state index in [-0.39, 0.29) is 11.3 Å². The maximum atomic E-state index is 13.6. The standard InChI is InChI=1S/C24H36F2O9S/c25-24(26,36(31,32)33)19(28)35-17(27)13-34-18-16-9-15-10-20(12-16,22(29)5-1-2-6-22)14-21(18,11-15)23(30)7-3-4-8-23/h15-16,18-19,28-30H,1-14H2,(H,31,32,33). The molecule has 0 radical (unpaired) electrons. The van der Waals surface area contributed by atoms with E-state index in [1.807, 2.05) is 0 Å². The summed E-state index contributed by atoms with van der Waals surface area (Å²) in [6.07, 6.45) is 6.02. The van der Waals surface area contributed by atoms with Gasteiger partial charge in [-0.05, 0) is 69.6 Å². The monoisotopic (exact) mass is 538 g/mol. The molecule has 12 heteroatoms. The van der Waals surface area contributed by atoms with Gasteiger partial charge in [-0.3, -0.25) is 4.55 Å². The van der Waals surface area contributed by atoms with E-state index >= 15 is 0 Å². The highest BCUT2D eigenvalue weighted by Crippen LogP contribution is 2.74. The van der Waals surface area contributed by atoms with Gasteiger partial charge in [0.15, 0.2) is 0 Å². The predicted octanol–water partition coefficient (Wildman–Crippen LogP) is 2.52. The largest absolute Gasteiger partial charge is 0.430 e. The van der Waals surface area contributed by atoms with Gasteiger partial charge in [-0.2, -0.15) is 17.2 Å². The summed E-state index contributed by atoms with van der Waals surface area (Å²) in [5.41, 5.74) is -2.86. The molecule has 6 rings (SSSR count). The van der Waals surface area contributed by atoms with E-state index in [1.54, 1.807) is 0 Å². The van der Waals surface area contributed by atoms with Crippen molar-refractivity contribution in [3.63, 3.8) is 0 Å². The van der Waals surface area contributed by atoms with Crippen molar-refractivity contribution in [3.8, 4) is 0 Å². The Morgan fingerprint density at radius 2 is 1.58 bits per heavy atom. The van der Waals surface area contributed by atoms with E-state index in [1.165, 1.54) is 0 Å². The van der Waals surface area contributed by atoms with E-state index in [0.29, 0.717) is 38.0 Å². The zero-order valence-electron chi connectivity index (χ0n) is 20.2. The number of ether oxygens (including phenoxy) is 2. The van der Waals surface area contributed by atoms with Gasteiger partial charge in [0.1, 0.15) is 6.61 Å². The molecule has 0 amide bonds. The predicted molar refractivity (Wildman–Crippen MR) is 120 cm³/mol. The van der Waals surface area contributed by atoms with Crippen LogP contribution in [-0.4, -0.2) is 69.7 Å². The van der Waals surface area contributed by atoms with E-state index < -0.39 is 57.0 Å². The van der Waals surface area contributed by atoms with E-state index in [9.17, 15) is 37.3 Å². The first-order valence-corrected chi connectivity index (χ1v) is 14.4. The maximum Gasteiger partial charge on any atom is 0.430 e. The molecule has 6 aliphatic carbocycles. The normalized spacial score (nSPS) is 39.9. The van der Waals surface area contributed by atoms with Gasteiger partial charge in [0, 0.05) is 10.8 Å². The van der Waals surface area contributed by atoms with Crippen molar-refractivity contribution in [2.45, 2.75) is 112 Å². The molecule has 36 heavy (non-hydrogen) atoms. The molecule has 6 saturated carbocycles. The molecule has 4 bridgehead atoms. The summed E-state index contributed by atoms with van der Waals surface area (Å²) in [5.74, 6) is -1.14. The fourth-order valence-electron chi connectivity index (χ4n) is 9.04. The van der Waals surface area contributed by atoms with Crippen LogP contribution >= 0.6 is 0 Å². The summed E-state index contributed by atoms with van der Waals surface area (Å²) in [4.78, 5) is 12.3. The van der Waals surface area contributed by atoms with Gasteiger partial charge in [-0.15, -0.1) is 0 Å². The molecule has 0 aromatic heterocycles. The van der Waals surface area contributed by atoms with Gasteiger partial charge in [0.25, 0.3) is 6.29 Å². The van der Waals surface area contributed by atoms with Crippen molar-refractivity contribution in [2.24, 2.45) is 22.7 Å². The van der Waals surface area contributed by atoms with Crippen LogP contribution < -0.4 is 0 Å². The SMILES string of the molecule is O=C(COC1C2CC3CC(C4(O)CCCC4)(C2)CC1(C1(O)CCCC1)C3)OC(O)C(F)(F)S(=O)(=O)O. The second-order valence-corrected chi connectivity index (χ2v) is 13.7. The summed E-state index contributed by atoms with van der Waals surface area (Å²) in [6, 6.07) is 0. The lowest BCUT2D eigenvalue weighted by atomic mass is 9.36. The second-order valence-electron chi connectivity index (χ2n) is 12.2. The van der Waals surface area contributed by atoms with Crippen LogP contribution in [0.5, 0.6) is 0 Å². The number of esters is 1. The Kier molecular flexibility index (Phi) is 6.33. The molecular weight excluding hydrogens is 502 g/mol. The van der Waals surface area contributed by atoms with Crippen molar-refractivity contribution in [2.75, 3.05) is 6.61 Å². The van der Waals surface area contributed by atoms with Crippen molar-refractivity contribution in [1.82, 2.24) is 0 Å². The third-order valence-electron chi connectivity index (χ3n) is 10.3. The van der Waals surface area contributed by atoms with Gasteiger partial charge >= 0.3 is 21.3 Å². The summed E-state index contributed by atoms with van der Waals surface area (Å²) < 4.78 is 67.6. The van der Waals surface area contributed by atoms with Gasteiger partial charge in [0.05, 0.1) is 17.3 Å². The lowest BCUT2D eigenvalue weighted by Crippen LogP contribution is -2.71. The van der Waals surface area contributed by atoms with Gasteiger partial charge < -0.3 is 24.8 Å². The summed E-state index contributed by atoms with van der Waals surface area (Å²) >= 11 is 0. The van der Waals surface area contributed by atoms with Crippen LogP contribution in [0.4, 0.5) is 8.78 Å². The number of carbonyl (C=O) groups is 1. The zero-order chi connectivity index (χ0) is 26.2. The number of hydrogen-bond acceptors (Lipinski definition) is 8. The smallest absolute Gasteiger partial charge is 0.426 e. The van der Waals surface area contributed by atoms with Crippen LogP contribution in [0.25, 0.3) is 0 Å². The molecule has 4 N–H and O–H groups in total. The molecule has 0 aromatic rings. The number of halogens is 2. The summed E-state index contributed by atoms with van der Waals surface area (Å²) in [6.45, 7) is -0.820. The molecule has 0 heterocycles. The van der Waals surface area contributed by atoms with Crippen LogP contribution in [-0.2, 0) is 24.4 Å². The molecular formula is C24H36F2O9S. The number of hydrogen-bond donors (Lipinski definition) is 4. The Hall–Kier alpha value is -0.920. The highest BCUT2D eigenvalue weighted by Gasteiger charge is 2.73. The first kappa shape index (κ1) is 26.7. The topological polar surface area (TPSA) is 151 Å². The Balaban J connectivity index is 1.38. The Labute approximate surface area is 209 Å². The van der Waals surface area contributed by atoms with Crippen molar-refractivity contribution in [1.29, 1.82) is 0 Å². The fourth-order valence-corrected chi connectivity index (χ4v) is 9.34. The molecule has 9 nitrogen and oxygen atoms in total.